The summed E-state index contributed by atoms with van der Waals surface area (Å²) in [5.41, 5.74) is 23.2. The predicted octanol–water partition coefficient (Wildman–Crippen LogP) is -7.92. The van der Waals surface area contributed by atoms with Crippen molar-refractivity contribution in [3.8, 4) is 0 Å². The highest BCUT2D eigenvalue weighted by Gasteiger charge is 2.61. The summed E-state index contributed by atoms with van der Waals surface area (Å²) in [5.74, 6) is -3.45. The van der Waals surface area contributed by atoms with Gasteiger partial charge in [-0.15, -0.1) is 11.6 Å². The van der Waals surface area contributed by atoms with Gasteiger partial charge in [0.15, 0.2) is 6.29 Å². The van der Waals surface area contributed by atoms with E-state index in [0.717, 1.165) is 0 Å². The molecule has 0 spiro atoms. The standard InChI is InChI=1S/C20H38ClN5O13/c21-16(18(25)26)20(39-14(6(31)2-28)10(32)5(22)1-27)17(24)13(35)15(8(4-30)38-20)37-19-9(23)12(34)11(33)7(3-29)36-19/h1,5-17,19,28-35H,2-4,22-24H2,(H3,25,26)/t5-,6+,7+,8+,9+,10+,11+,12+,13-,14+,15+,16?,17+,19-,20+/m0/s1. The lowest BCUT2D eigenvalue weighted by molar-refractivity contribution is -0.374. The van der Waals surface area contributed by atoms with Crippen LogP contribution < -0.4 is 22.9 Å². The van der Waals surface area contributed by atoms with E-state index in [1.807, 2.05) is 0 Å². The van der Waals surface area contributed by atoms with E-state index >= 15 is 0 Å². The molecule has 0 radical (unpaired) electrons. The van der Waals surface area contributed by atoms with Gasteiger partial charge in [0.05, 0.1) is 37.9 Å². The van der Waals surface area contributed by atoms with Gasteiger partial charge in [-0.05, 0) is 0 Å². The molecule has 1 unspecified atom stereocenters. The Morgan fingerprint density at radius 1 is 1.08 bits per heavy atom. The summed E-state index contributed by atoms with van der Waals surface area (Å²) in [6, 6.07) is -4.91. The van der Waals surface area contributed by atoms with Gasteiger partial charge in [-0.3, -0.25) is 5.41 Å². The first kappa shape index (κ1) is 34.0. The molecule has 2 fully saturated rings. The Bertz CT molecular complexity index is 818. The first-order chi connectivity index (χ1) is 18.2. The molecule has 2 saturated heterocycles. The second kappa shape index (κ2) is 14.1. The van der Waals surface area contributed by atoms with Crippen molar-refractivity contribution in [3.63, 3.8) is 0 Å². The van der Waals surface area contributed by atoms with Crippen molar-refractivity contribution < 1.29 is 64.6 Å². The van der Waals surface area contributed by atoms with E-state index in [1.165, 1.54) is 0 Å². The number of halogens is 1. The second-order valence-electron chi connectivity index (χ2n) is 9.32. The van der Waals surface area contributed by atoms with Gasteiger partial charge < -0.3 is 87.5 Å². The van der Waals surface area contributed by atoms with Gasteiger partial charge in [-0.1, -0.05) is 0 Å². The van der Waals surface area contributed by atoms with E-state index in [-0.39, 0.29) is 6.29 Å². The van der Waals surface area contributed by atoms with Crippen molar-refractivity contribution in [1.29, 1.82) is 5.41 Å². The number of rotatable bonds is 13. The van der Waals surface area contributed by atoms with Crippen LogP contribution in [0.4, 0.5) is 0 Å². The van der Waals surface area contributed by atoms with Crippen LogP contribution in [0.15, 0.2) is 0 Å². The van der Waals surface area contributed by atoms with Crippen molar-refractivity contribution in [2.45, 2.75) is 90.5 Å². The lowest BCUT2D eigenvalue weighted by Crippen LogP contribution is -2.76. The van der Waals surface area contributed by atoms with Crippen LogP contribution in [-0.4, -0.2) is 163 Å². The fourth-order valence-corrected chi connectivity index (χ4v) is 4.59. The van der Waals surface area contributed by atoms with E-state index in [2.05, 4.69) is 0 Å². The van der Waals surface area contributed by atoms with Crippen LogP contribution in [0, 0.1) is 5.41 Å². The molecule has 19 heteroatoms. The van der Waals surface area contributed by atoms with Crippen LogP contribution >= 0.6 is 11.6 Å². The Kier molecular flexibility index (Phi) is 12.3. The highest BCUT2D eigenvalue weighted by molar-refractivity contribution is 6.31. The number of hydrogen-bond donors (Lipinski definition) is 13. The Morgan fingerprint density at radius 2 is 1.67 bits per heavy atom. The average Bonchev–Trinajstić information content (AvgIpc) is 2.93. The molecule has 0 aromatic carbocycles. The highest BCUT2D eigenvalue weighted by atomic mass is 35.5. The van der Waals surface area contributed by atoms with Crippen LogP contribution in [0.5, 0.6) is 0 Å². The minimum Gasteiger partial charge on any atom is -0.394 e. The smallest absolute Gasteiger partial charge is 0.211 e. The van der Waals surface area contributed by atoms with Crippen molar-refractivity contribution in [2.24, 2.45) is 22.9 Å². The summed E-state index contributed by atoms with van der Waals surface area (Å²) in [7, 11) is 0. The summed E-state index contributed by atoms with van der Waals surface area (Å²) in [5, 5.41) is 87.1. The SMILES string of the molecule is N=C(N)C(Cl)[C@]1(O[C@@H]([C@H](O)[C@@H](N)C=O)[C@H](O)CO)O[C@H](CO)[C@@H](O[C@@H]2O[C@H](CO)[C@@H](O)[C@H](O)[C@H]2N)[C@H](O)[C@H]1N. The minimum atomic E-state index is -2.62. The Hall–Kier alpha value is -1.17. The number of carbonyl (C=O) groups excluding carboxylic acids is 1. The summed E-state index contributed by atoms with van der Waals surface area (Å²) in [6.07, 6.45) is -17.0. The maximum Gasteiger partial charge on any atom is 0.211 e. The molecule has 228 valence electrons. The van der Waals surface area contributed by atoms with Crippen molar-refractivity contribution >= 4 is 23.7 Å². The number of aliphatic hydroxyl groups excluding tert-OH is 8. The maximum atomic E-state index is 11.2. The maximum absolute atomic E-state index is 11.2. The van der Waals surface area contributed by atoms with Crippen molar-refractivity contribution in [2.75, 3.05) is 19.8 Å². The third kappa shape index (κ3) is 6.84. The molecule has 2 heterocycles. The van der Waals surface area contributed by atoms with Gasteiger partial charge in [-0.2, -0.15) is 0 Å². The number of hydrogen-bond acceptors (Lipinski definition) is 17. The number of aldehydes is 1. The monoisotopic (exact) mass is 591 g/mol. The number of alkyl halides is 1. The first-order valence-corrected chi connectivity index (χ1v) is 12.2. The molecule has 0 aliphatic carbocycles. The van der Waals surface area contributed by atoms with Gasteiger partial charge in [0.1, 0.15) is 72.4 Å². The normalized spacial score (nSPS) is 41.3. The first-order valence-electron chi connectivity index (χ1n) is 11.8. The quantitative estimate of drug-likeness (QED) is 0.0409. The number of ether oxygens (including phenoxy) is 4. The average molecular weight is 592 g/mol. The van der Waals surface area contributed by atoms with Crippen LogP contribution in [0.25, 0.3) is 0 Å². The number of amidine groups is 1. The molecule has 2 aliphatic heterocycles. The Morgan fingerprint density at radius 3 is 2.15 bits per heavy atom. The molecule has 2 aliphatic rings. The van der Waals surface area contributed by atoms with Gasteiger partial charge >= 0.3 is 0 Å². The van der Waals surface area contributed by atoms with Crippen LogP contribution in [0.3, 0.4) is 0 Å². The number of nitrogens with one attached hydrogen (secondary N) is 1. The third-order valence-electron chi connectivity index (χ3n) is 6.67. The molecule has 2 rings (SSSR count). The fourth-order valence-electron chi connectivity index (χ4n) is 4.34. The number of carbonyl (C=O) groups is 1. The summed E-state index contributed by atoms with van der Waals surface area (Å²) in [4.78, 5) is 11.2. The van der Waals surface area contributed by atoms with Crippen LogP contribution in [0.1, 0.15) is 0 Å². The predicted molar refractivity (Wildman–Crippen MR) is 129 cm³/mol. The molecule has 0 aromatic heterocycles. The zero-order chi connectivity index (χ0) is 29.8. The Balaban J connectivity index is 2.48. The second-order valence-corrected chi connectivity index (χ2v) is 9.75. The fraction of sp³-hybridized carbons (Fsp3) is 0.900. The molecule has 0 saturated carbocycles. The Labute approximate surface area is 227 Å². The van der Waals surface area contributed by atoms with Crippen LogP contribution in [0.2, 0.25) is 0 Å². The lowest BCUT2D eigenvalue weighted by atomic mass is 9.87. The van der Waals surface area contributed by atoms with Crippen molar-refractivity contribution in [3.05, 3.63) is 0 Å². The van der Waals surface area contributed by atoms with Gasteiger partial charge in [0.2, 0.25) is 5.79 Å². The van der Waals surface area contributed by atoms with Gasteiger partial charge in [-0.25, -0.2) is 0 Å². The van der Waals surface area contributed by atoms with E-state index in [0.29, 0.717) is 0 Å². The molecule has 15 atom stereocenters. The van der Waals surface area contributed by atoms with E-state index < -0.39 is 116 Å². The molecule has 39 heavy (non-hydrogen) atoms. The molecule has 0 bridgehead atoms. The molecular formula is C20H38ClN5O13. The number of nitrogens with two attached hydrogens (primary N) is 4. The topological polar surface area (TPSA) is 344 Å². The molecule has 0 amide bonds. The van der Waals surface area contributed by atoms with Crippen LogP contribution in [-0.2, 0) is 23.7 Å². The molecule has 0 aromatic rings. The van der Waals surface area contributed by atoms with Crippen molar-refractivity contribution in [1.82, 2.24) is 0 Å². The molecule has 18 nitrogen and oxygen atoms in total. The van der Waals surface area contributed by atoms with E-state index in [4.69, 9.17) is 58.9 Å². The molecular weight excluding hydrogens is 554 g/mol. The van der Waals surface area contributed by atoms with E-state index in [1.54, 1.807) is 0 Å². The van der Waals surface area contributed by atoms with Gasteiger partial charge in [0, 0.05) is 0 Å². The largest absolute Gasteiger partial charge is 0.394 e. The third-order valence-corrected chi connectivity index (χ3v) is 7.21. The number of aliphatic hydroxyl groups is 8. The van der Waals surface area contributed by atoms with Gasteiger partial charge in [0.25, 0.3) is 0 Å². The summed E-state index contributed by atoms with van der Waals surface area (Å²) < 4.78 is 22.5. The zero-order valence-corrected chi connectivity index (χ0v) is 21.3. The molecule has 17 N–H and O–H groups in total. The summed E-state index contributed by atoms with van der Waals surface area (Å²) >= 11 is 6.31. The lowest BCUT2D eigenvalue weighted by Gasteiger charge is -2.54. The van der Waals surface area contributed by atoms with E-state index in [9.17, 15) is 45.6 Å². The summed E-state index contributed by atoms with van der Waals surface area (Å²) in [6.45, 7) is -2.71. The highest BCUT2D eigenvalue weighted by Crippen LogP contribution is 2.39. The minimum absolute atomic E-state index is 0.121. The zero-order valence-electron chi connectivity index (χ0n) is 20.6.